The molecule has 0 saturated heterocycles. The van der Waals surface area contributed by atoms with E-state index in [1.54, 1.807) is 6.07 Å². The van der Waals surface area contributed by atoms with Gasteiger partial charge in [0.05, 0.1) is 6.04 Å². The second kappa shape index (κ2) is 8.48. The summed E-state index contributed by atoms with van der Waals surface area (Å²) in [5.74, 6) is -0.598. The fourth-order valence-electron chi connectivity index (χ4n) is 2.87. The van der Waals surface area contributed by atoms with Crippen LogP contribution >= 0.6 is 0 Å². The molecule has 0 fully saturated rings. The number of nitrogens with zero attached hydrogens (tertiary/aromatic N) is 1. The third-order valence-corrected chi connectivity index (χ3v) is 4.75. The van der Waals surface area contributed by atoms with E-state index in [1.165, 1.54) is 12.3 Å². The molecule has 3 aromatic rings. The normalized spacial score (nSPS) is 11.5. The SMILES string of the molecule is Cc1cccc(NC(=O)c2ccnc(C(=O)NC(C)c3ccccc3)c2)c1C. The van der Waals surface area contributed by atoms with Gasteiger partial charge in [0, 0.05) is 17.4 Å². The van der Waals surface area contributed by atoms with E-state index >= 15 is 0 Å². The van der Waals surface area contributed by atoms with Crippen LogP contribution in [-0.2, 0) is 0 Å². The summed E-state index contributed by atoms with van der Waals surface area (Å²) in [7, 11) is 0. The molecule has 1 aromatic heterocycles. The topological polar surface area (TPSA) is 71.1 Å². The van der Waals surface area contributed by atoms with Crippen molar-refractivity contribution in [2.45, 2.75) is 26.8 Å². The van der Waals surface area contributed by atoms with Crippen molar-refractivity contribution in [2.75, 3.05) is 5.32 Å². The van der Waals surface area contributed by atoms with Crippen LogP contribution < -0.4 is 10.6 Å². The van der Waals surface area contributed by atoms with Gasteiger partial charge in [0.1, 0.15) is 5.69 Å². The van der Waals surface area contributed by atoms with Gasteiger partial charge in [-0.25, -0.2) is 0 Å². The third-order valence-electron chi connectivity index (χ3n) is 4.75. The second-order valence-electron chi connectivity index (χ2n) is 6.74. The molecule has 28 heavy (non-hydrogen) atoms. The molecular formula is C23H23N3O2. The number of anilines is 1. The molecule has 0 aliphatic carbocycles. The van der Waals surface area contributed by atoms with E-state index in [9.17, 15) is 9.59 Å². The Kier molecular flexibility index (Phi) is 5.84. The lowest BCUT2D eigenvalue weighted by atomic mass is 10.1. The van der Waals surface area contributed by atoms with Crippen molar-refractivity contribution in [1.29, 1.82) is 0 Å². The Labute approximate surface area is 164 Å². The monoisotopic (exact) mass is 373 g/mol. The molecule has 2 aromatic carbocycles. The number of rotatable bonds is 5. The van der Waals surface area contributed by atoms with Gasteiger partial charge in [0.15, 0.2) is 0 Å². The molecule has 2 amide bonds. The minimum Gasteiger partial charge on any atom is -0.344 e. The number of carbonyl (C=O) groups excluding carboxylic acids is 2. The molecule has 142 valence electrons. The van der Waals surface area contributed by atoms with E-state index in [-0.39, 0.29) is 23.6 Å². The van der Waals surface area contributed by atoms with Crippen molar-refractivity contribution in [3.63, 3.8) is 0 Å². The summed E-state index contributed by atoms with van der Waals surface area (Å²) >= 11 is 0. The van der Waals surface area contributed by atoms with Gasteiger partial charge in [-0.1, -0.05) is 42.5 Å². The molecular weight excluding hydrogens is 350 g/mol. The van der Waals surface area contributed by atoms with Gasteiger partial charge in [0.25, 0.3) is 11.8 Å². The van der Waals surface area contributed by atoms with E-state index in [0.29, 0.717) is 5.56 Å². The molecule has 5 heteroatoms. The standard InChI is InChI=1S/C23H23N3O2/c1-15-8-7-11-20(16(15)2)26-22(27)19-12-13-24-21(14-19)23(28)25-17(3)18-9-5-4-6-10-18/h4-14,17H,1-3H3,(H,25,28)(H,26,27). The molecule has 0 saturated carbocycles. The zero-order chi connectivity index (χ0) is 20.1. The lowest BCUT2D eigenvalue weighted by Crippen LogP contribution is -2.27. The van der Waals surface area contributed by atoms with Crippen LogP contribution in [0.15, 0.2) is 66.9 Å². The summed E-state index contributed by atoms with van der Waals surface area (Å²) in [6, 6.07) is 18.4. The minimum atomic E-state index is -0.322. The fourth-order valence-corrected chi connectivity index (χ4v) is 2.87. The van der Waals surface area contributed by atoms with Gasteiger partial charge in [0.2, 0.25) is 0 Å². The molecule has 0 bridgehead atoms. The molecule has 0 aliphatic rings. The van der Waals surface area contributed by atoms with Crippen LogP contribution in [0.1, 0.15) is 50.5 Å². The van der Waals surface area contributed by atoms with Crippen LogP contribution in [0.5, 0.6) is 0 Å². The summed E-state index contributed by atoms with van der Waals surface area (Å²) in [6.45, 7) is 5.86. The van der Waals surface area contributed by atoms with E-state index < -0.39 is 0 Å². The van der Waals surface area contributed by atoms with Crippen molar-refractivity contribution in [3.8, 4) is 0 Å². The fraction of sp³-hybridized carbons (Fsp3) is 0.174. The second-order valence-corrected chi connectivity index (χ2v) is 6.74. The predicted octanol–water partition coefficient (Wildman–Crippen LogP) is 4.44. The Morgan fingerprint density at radius 3 is 2.43 bits per heavy atom. The van der Waals surface area contributed by atoms with Gasteiger partial charge in [-0.15, -0.1) is 0 Å². The Hall–Kier alpha value is -3.47. The van der Waals surface area contributed by atoms with Crippen LogP contribution in [-0.4, -0.2) is 16.8 Å². The number of benzene rings is 2. The molecule has 1 atom stereocenters. The van der Waals surface area contributed by atoms with Crippen LogP contribution in [0.3, 0.4) is 0 Å². The summed E-state index contributed by atoms with van der Waals surface area (Å²) in [6.07, 6.45) is 1.47. The first-order chi connectivity index (χ1) is 13.5. The summed E-state index contributed by atoms with van der Waals surface area (Å²) < 4.78 is 0. The molecule has 3 rings (SSSR count). The van der Waals surface area contributed by atoms with Gasteiger partial charge in [-0.3, -0.25) is 14.6 Å². The number of carbonyl (C=O) groups is 2. The highest BCUT2D eigenvalue weighted by atomic mass is 16.2. The average molecular weight is 373 g/mol. The van der Waals surface area contributed by atoms with E-state index in [2.05, 4.69) is 15.6 Å². The molecule has 0 radical (unpaired) electrons. The smallest absolute Gasteiger partial charge is 0.270 e. The Morgan fingerprint density at radius 2 is 1.68 bits per heavy atom. The van der Waals surface area contributed by atoms with Gasteiger partial charge in [-0.2, -0.15) is 0 Å². The maximum atomic E-state index is 12.6. The molecule has 0 aliphatic heterocycles. The zero-order valence-corrected chi connectivity index (χ0v) is 16.2. The van der Waals surface area contributed by atoms with Gasteiger partial charge < -0.3 is 10.6 Å². The summed E-state index contributed by atoms with van der Waals surface area (Å²) in [4.78, 5) is 29.3. The minimum absolute atomic E-state index is 0.164. The van der Waals surface area contributed by atoms with Crippen LogP contribution in [0, 0.1) is 13.8 Å². The van der Waals surface area contributed by atoms with Crippen LogP contribution in [0.25, 0.3) is 0 Å². The number of hydrogen-bond acceptors (Lipinski definition) is 3. The Bertz CT molecular complexity index is 1000. The first kappa shape index (κ1) is 19.3. The van der Waals surface area contributed by atoms with Crippen molar-refractivity contribution < 1.29 is 9.59 Å². The van der Waals surface area contributed by atoms with Crippen molar-refractivity contribution >= 4 is 17.5 Å². The number of aromatic nitrogens is 1. The van der Waals surface area contributed by atoms with Crippen molar-refractivity contribution in [1.82, 2.24) is 10.3 Å². The van der Waals surface area contributed by atoms with Gasteiger partial charge >= 0.3 is 0 Å². The van der Waals surface area contributed by atoms with E-state index in [1.807, 2.05) is 69.3 Å². The molecule has 2 N–H and O–H groups in total. The number of aryl methyl sites for hydroxylation is 1. The third kappa shape index (κ3) is 4.43. The van der Waals surface area contributed by atoms with Crippen molar-refractivity contribution in [3.05, 3.63) is 94.8 Å². The average Bonchev–Trinajstić information content (AvgIpc) is 2.72. The van der Waals surface area contributed by atoms with E-state index in [0.717, 1.165) is 22.4 Å². The zero-order valence-electron chi connectivity index (χ0n) is 16.2. The maximum Gasteiger partial charge on any atom is 0.270 e. The number of amides is 2. The van der Waals surface area contributed by atoms with Crippen LogP contribution in [0.4, 0.5) is 5.69 Å². The lowest BCUT2D eigenvalue weighted by molar-refractivity contribution is 0.0935. The highest BCUT2D eigenvalue weighted by molar-refractivity contribution is 6.06. The number of hydrogen-bond donors (Lipinski definition) is 2. The van der Waals surface area contributed by atoms with E-state index in [4.69, 9.17) is 0 Å². The first-order valence-electron chi connectivity index (χ1n) is 9.15. The van der Waals surface area contributed by atoms with Crippen LogP contribution in [0.2, 0.25) is 0 Å². The Morgan fingerprint density at radius 1 is 0.929 bits per heavy atom. The first-order valence-corrected chi connectivity index (χ1v) is 9.15. The molecule has 5 nitrogen and oxygen atoms in total. The highest BCUT2D eigenvalue weighted by Gasteiger charge is 2.15. The summed E-state index contributed by atoms with van der Waals surface area (Å²) in [5, 5.41) is 5.81. The highest BCUT2D eigenvalue weighted by Crippen LogP contribution is 2.19. The van der Waals surface area contributed by atoms with Crippen molar-refractivity contribution in [2.24, 2.45) is 0 Å². The summed E-state index contributed by atoms with van der Waals surface area (Å²) in [5.41, 5.74) is 4.46. The molecule has 0 spiro atoms. The quantitative estimate of drug-likeness (QED) is 0.694. The largest absolute Gasteiger partial charge is 0.344 e. The predicted molar refractivity (Wildman–Crippen MR) is 110 cm³/mol. The Balaban J connectivity index is 1.73. The number of nitrogens with one attached hydrogen (secondary N) is 2. The number of pyridine rings is 1. The maximum absolute atomic E-state index is 12.6. The molecule has 1 heterocycles. The molecule has 1 unspecified atom stereocenters. The van der Waals surface area contributed by atoms with Gasteiger partial charge in [-0.05, 0) is 55.7 Å². The lowest BCUT2D eigenvalue weighted by Gasteiger charge is -2.14.